The number of piperidine rings is 1. The molecular weight excluding hydrogens is 372 g/mol. The minimum absolute atomic E-state index is 0.0808. The Bertz CT molecular complexity index is 892. The number of sulfonamides is 1. The molecule has 1 aliphatic rings. The van der Waals surface area contributed by atoms with E-state index < -0.39 is 10.0 Å². The van der Waals surface area contributed by atoms with E-state index in [1.54, 1.807) is 41.3 Å². The molecule has 1 aliphatic heterocycles. The number of carbonyl (C=O) groups is 1. The van der Waals surface area contributed by atoms with Crippen molar-refractivity contribution < 1.29 is 13.2 Å². The van der Waals surface area contributed by atoms with Crippen molar-refractivity contribution in [3.63, 3.8) is 0 Å². The Hall–Kier alpha value is -2.05. The van der Waals surface area contributed by atoms with Crippen LogP contribution in [-0.2, 0) is 10.0 Å². The predicted molar refractivity (Wildman–Crippen MR) is 103 cm³/mol. The maximum atomic E-state index is 12.7. The molecule has 1 fully saturated rings. The van der Waals surface area contributed by atoms with Crippen LogP contribution in [0.25, 0.3) is 0 Å². The number of halogens is 1. The lowest BCUT2D eigenvalue weighted by Crippen LogP contribution is -2.38. The molecule has 2 aromatic carbocycles. The summed E-state index contributed by atoms with van der Waals surface area (Å²) >= 11 is 6.11. The van der Waals surface area contributed by atoms with E-state index in [0.717, 1.165) is 12.8 Å². The largest absolute Gasteiger partial charge is 0.339 e. The van der Waals surface area contributed by atoms with Gasteiger partial charge in [0.25, 0.3) is 15.9 Å². The number of amides is 1. The third-order valence-electron chi connectivity index (χ3n) is 4.56. The average Bonchev–Trinajstić information content (AvgIpc) is 2.62. The molecule has 0 atom stereocenters. The zero-order valence-corrected chi connectivity index (χ0v) is 16.1. The van der Waals surface area contributed by atoms with Crippen LogP contribution in [0.4, 0.5) is 5.69 Å². The van der Waals surface area contributed by atoms with Gasteiger partial charge in [0, 0.05) is 24.3 Å². The Balaban J connectivity index is 1.86. The number of nitrogens with zero attached hydrogens (tertiary/aromatic N) is 1. The Kier molecular flexibility index (Phi) is 5.53. The molecule has 0 unspecified atom stereocenters. The number of benzene rings is 2. The third-order valence-corrected chi connectivity index (χ3v) is 6.43. The van der Waals surface area contributed by atoms with E-state index >= 15 is 0 Å². The number of rotatable bonds is 4. The van der Waals surface area contributed by atoms with E-state index in [9.17, 15) is 13.2 Å². The van der Waals surface area contributed by atoms with Crippen molar-refractivity contribution >= 4 is 33.2 Å². The first kappa shape index (κ1) is 18.7. The fourth-order valence-electron chi connectivity index (χ4n) is 2.95. The summed E-state index contributed by atoms with van der Waals surface area (Å²) in [7, 11) is -3.89. The van der Waals surface area contributed by atoms with Gasteiger partial charge in [-0.25, -0.2) is 8.42 Å². The third kappa shape index (κ3) is 4.19. The Morgan fingerprint density at radius 2 is 1.77 bits per heavy atom. The molecule has 0 aliphatic carbocycles. The van der Waals surface area contributed by atoms with E-state index in [1.165, 1.54) is 12.1 Å². The van der Waals surface area contributed by atoms with Gasteiger partial charge in [-0.3, -0.25) is 9.52 Å². The Labute approximate surface area is 159 Å². The quantitative estimate of drug-likeness (QED) is 0.854. The van der Waals surface area contributed by atoms with Gasteiger partial charge in [-0.1, -0.05) is 36.7 Å². The topological polar surface area (TPSA) is 66.5 Å². The van der Waals surface area contributed by atoms with Crippen LogP contribution >= 0.6 is 11.6 Å². The highest BCUT2D eigenvalue weighted by Crippen LogP contribution is 2.26. The normalized spacial score (nSPS) is 15.7. The van der Waals surface area contributed by atoms with Gasteiger partial charge in [-0.15, -0.1) is 0 Å². The molecule has 0 radical (unpaired) electrons. The number of carbonyl (C=O) groups excluding carboxylic acids is 1. The van der Waals surface area contributed by atoms with Gasteiger partial charge in [0.15, 0.2) is 0 Å². The van der Waals surface area contributed by atoms with E-state index in [-0.39, 0.29) is 15.8 Å². The standard InChI is InChI=1S/C19H21ClN2O3S/c1-14-9-11-22(12-10-14)19(23)15-7-8-17(20)18(13-15)26(24,25)21-16-5-3-2-4-6-16/h2-8,13-14,21H,9-12H2,1H3. The Morgan fingerprint density at radius 1 is 1.12 bits per heavy atom. The second kappa shape index (κ2) is 7.68. The van der Waals surface area contributed by atoms with Gasteiger partial charge >= 0.3 is 0 Å². The minimum atomic E-state index is -3.89. The highest BCUT2D eigenvalue weighted by molar-refractivity contribution is 7.92. The van der Waals surface area contributed by atoms with Crippen molar-refractivity contribution in [3.05, 3.63) is 59.1 Å². The van der Waals surface area contributed by atoms with E-state index in [0.29, 0.717) is 30.3 Å². The second-order valence-corrected chi connectivity index (χ2v) is 8.65. The minimum Gasteiger partial charge on any atom is -0.339 e. The summed E-state index contributed by atoms with van der Waals surface area (Å²) in [6, 6.07) is 12.9. The average molecular weight is 393 g/mol. The van der Waals surface area contributed by atoms with Gasteiger partial charge < -0.3 is 4.90 Å². The summed E-state index contributed by atoms with van der Waals surface area (Å²) in [6.07, 6.45) is 1.92. The van der Waals surface area contributed by atoms with Crippen LogP contribution in [0.3, 0.4) is 0 Å². The van der Waals surface area contributed by atoms with Crippen LogP contribution in [0.5, 0.6) is 0 Å². The summed E-state index contributed by atoms with van der Waals surface area (Å²) in [5, 5.41) is 0.0808. The van der Waals surface area contributed by atoms with Crippen molar-refractivity contribution in [2.45, 2.75) is 24.7 Å². The molecular formula is C19H21ClN2O3S. The first-order valence-corrected chi connectivity index (χ1v) is 10.4. The van der Waals surface area contributed by atoms with Crippen molar-refractivity contribution in [3.8, 4) is 0 Å². The van der Waals surface area contributed by atoms with Crippen molar-refractivity contribution in [1.82, 2.24) is 4.90 Å². The van der Waals surface area contributed by atoms with Crippen molar-refractivity contribution in [2.75, 3.05) is 17.8 Å². The predicted octanol–water partition coefficient (Wildman–Crippen LogP) is 4.01. The molecule has 0 bridgehead atoms. The fraction of sp³-hybridized carbons (Fsp3) is 0.316. The fourth-order valence-corrected chi connectivity index (χ4v) is 4.54. The lowest BCUT2D eigenvalue weighted by atomic mass is 9.98. The van der Waals surface area contributed by atoms with Crippen LogP contribution < -0.4 is 4.72 Å². The summed E-state index contributed by atoms with van der Waals surface area (Å²) in [6.45, 7) is 3.55. The van der Waals surface area contributed by atoms with E-state index in [1.807, 2.05) is 0 Å². The van der Waals surface area contributed by atoms with Crippen molar-refractivity contribution in [2.24, 2.45) is 5.92 Å². The number of likely N-dealkylation sites (tertiary alicyclic amines) is 1. The summed E-state index contributed by atoms with van der Waals surface area (Å²) in [5.41, 5.74) is 0.766. The highest BCUT2D eigenvalue weighted by Gasteiger charge is 2.24. The number of anilines is 1. The van der Waals surface area contributed by atoms with Crippen LogP contribution in [0, 0.1) is 5.92 Å². The van der Waals surface area contributed by atoms with E-state index in [4.69, 9.17) is 11.6 Å². The highest BCUT2D eigenvalue weighted by atomic mass is 35.5. The number of nitrogens with one attached hydrogen (secondary N) is 1. The molecule has 1 amide bonds. The maximum Gasteiger partial charge on any atom is 0.263 e. The van der Waals surface area contributed by atoms with Crippen LogP contribution in [0.1, 0.15) is 30.1 Å². The molecule has 5 nitrogen and oxygen atoms in total. The molecule has 1 N–H and O–H groups in total. The molecule has 1 saturated heterocycles. The maximum absolute atomic E-state index is 12.7. The second-order valence-electron chi connectivity index (χ2n) is 6.59. The SMILES string of the molecule is CC1CCN(C(=O)c2ccc(Cl)c(S(=O)(=O)Nc3ccccc3)c2)CC1. The molecule has 3 rings (SSSR count). The lowest BCUT2D eigenvalue weighted by Gasteiger charge is -2.30. The first-order chi connectivity index (χ1) is 12.4. The zero-order chi connectivity index (χ0) is 18.7. The van der Waals surface area contributed by atoms with Crippen LogP contribution in [0.2, 0.25) is 5.02 Å². The monoisotopic (exact) mass is 392 g/mol. The smallest absolute Gasteiger partial charge is 0.263 e. The molecule has 0 aromatic heterocycles. The van der Waals surface area contributed by atoms with Crippen molar-refractivity contribution in [1.29, 1.82) is 0 Å². The lowest BCUT2D eigenvalue weighted by molar-refractivity contribution is 0.0697. The molecule has 7 heteroatoms. The van der Waals surface area contributed by atoms with Gasteiger partial charge in [-0.2, -0.15) is 0 Å². The number of hydrogen-bond acceptors (Lipinski definition) is 3. The number of para-hydroxylation sites is 1. The summed E-state index contributed by atoms with van der Waals surface area (Å²) < 4.78 is 27.9. The van der Waals surface area contributed by atoms with Gasteiger partial charge in [0.1, 0.15) is 4.90 Å². The molecule has 138 valence electrons. The number of hydrogen-bond donors (Lipinski definition) is 1. The molecule has 1 heterocycles. The molecule has 26 heavy (non-hydrogen) atoms. The van der Waals surface area contributed by atoms with Crippen LogP contribution in [0.15, 0.2) is 53.4 Å². The summed E-state index contributed by atoms with van der Waals surface area (Å²) in [5.74, 6) is 0.444. The van der Waals surface area contributed by atoms with Gasteiger partial charge in [-0.05, 0) is 49.1 Å². The molecule has 0 saturated carbocycles. The van der Waals surface area contributed by atoms with E-state index in [2.05, 4.69) is 11.6 Å². The summed E-state index contributed by atoms with van der Waals surface area (Å²) in [4.78, 5) is 14.4. The molecule has 0 spiro atoms. The van der Waals surface area contributed by atoms with Gasteiger partial charge in [0.05, 0.1) is 5.02 Å². The molecule has 2 aromatic rings. The van der Waals surface area contributed by atoms with Crippen LogP contribution in [-0.4, -0.2) is 32.3 Å². The Morgan fingerprint density at radius 3 is 2.42 bits per heavy atom. The van der Waals surface area contributed by atoms with Gasteiger partial charge in [0.2, 0.25) is 0 Å². The first-order valence-electron chi connectivity index (χ1n) is 8.53. The zero-order valence-electron chi connectivity index (χ0n) is 14.5.